The molecule has 0 bridgehead atoms. The topological polar surface area (TPSA) is 48.9 Å². The van der Waals surface area contributed by atoms with Crippen LogP contribution in [-0.4, -0.2) is 58.3 Å². The minimum Gasteiger partial charge on any atom is -0.497 e. The lowest BCUT2D eigenvalue weighted by Crippen LogP contribution is -2.40. The molecule has 0 spiro atoms. The van der Waals surface area contributed by atoms with E-state index in [-0.39, 0.29) is 24.0 Å². The fourth-order valence-corrected chi connectivity index (χ4v) is 3.57. The molecule has 148 valence electrons. The van der Waals surface area contributed by atoms with Gasteiger partial charge in [-0.3, -0.25) is 4.99 Å². The number of benzene rings is 1. The Kier molecular flexibility index (Phi) is 11.9. The second kappa shape index (κ2) is 13.4. The Morgan fingerprint density at radius 3 is 2.92 bits per heavy atom. The minimum absolute atomic E-state index is 0. The van der Waals surface area contributed by atoms with Gasteiger partial charge in [-0.05, 0) is 49.3 Å². The zero-order chi connectivity index (χ0) is 17.9. The predicted octanol–water partition coefficient (Wildman–Crippen LogP) is 3.45. The lowest BCUT2D eigenvalue weighted by molar-refractivity contribution is 0.415. The molecule has 7 heteroatoms. The summed E-state index contributed by atoms with van der Waals surface area (Å²) in [4.78, 5) is 6.76. The van der Waals surface area contributed by atoms with E-state index >= 15 is 0 Å². The summed E-state index contributed by atoms with van der Waals surface area (Å²) in [7, 11) is 3.56. The average molecular weight is 492 g/mol. The molecule has 1 heterocycles. The molecular weight excluding hydrogens is 459 g/mol. The van der Waals surface area contributed by atoms with Crippen molar-refractivity contribution in [3.8, 4) is 5.75 Å². The fraction of sp³-hybridized carbons (Fsp3) is 0.632. The number of nitrogens with one attached hydrogen (secondary N) is 2. The number of hydrogen-bond donors (Lipinski definition) is 2. The number of anilines is 1. The molecule has 2 N–H and O–H groups in total. The van der Waals surface area contributed by atoms with Crippen molar-refractivity contribution in [2.24, 2.45) is 10.9 Å². The number of halogens is 1. The van der Waals surface area contributed by atoms with Crippen LogP contribution in [0.3, 0.4) is 0 Å². The van der Waals surface area contributed by atoms with Crippen LogP contribution in [-0.2, 0) is 0 Å². The first-order valence-corrected chi connectivity index (χ1v) is 10.5. The number of methoxy groups -OCH3 is 1. The van der Waals surface area contributed by atoms with Crippen molar-refractivity contribution < 1.29 is 4.74 Å². The Balaban J connectivity index is 0.00000338. The average Bonchev–Trinajstić information content (AvgIpc) is 3.13. The van der Waals surface area contributed by atoms with Gasteiger partial charge < -0.3 is 20.3 Å². The molecule has 26 heavy (non-hydrogen) atoms. The molecule has 1 aliphatic rings. The molecule has 1 fully saturated rings. The first-order valence-electron chi connectivity index (χ1n) is 9.09. The van der Waals surface area contributed by atoms with Gasteiger partial charge in [0.05, 0.1) is 7.11 Å². The highest BCUT2D eigenvalue weighted by Gasteiger charge is 2.23. The van der Waals surface area contributed by atoms with Crippen LogP contribution in [0.25, 0.3) is 0 Å². The number of ether oxygens (including phenoxy) is 1. The van der Waals surface area contributed by atoms with Crippen LogP contribution < -0.4 is 20.3 Å². The van der Waals surface area contributed by atoms with Gasteiger partial charge in [-0.2, -0.15) is 11.8 Å². The zero-order valence-electron chi connectivity index (χ0n) is 16.2. The Labute approximate surface area is 179 Å². The SMILES string of the molecule is CN=C(NCCCCSC)NCC1CCN(c2cccc(OC)c2)C1.I. The van der Waals surface area contributed by atoms with E-state index in [0.29, 0.717) is 5.92 Å². The van der Waals surface area contributed by atoms with Crippen LogP contribution in [0.4, 0.5) is 5.69 Å². The molecule has 0 radical (unpaired) electrons. The summed E-state index contributed by atoms with van der Waals surface area (Å²) in [6.07, 6.45) is 5.80. The number of unbranched alkanes of at least 4 members (excludes halogenated alkanes) is 1. The van der Waals surface area contributed by atoms with Crippen LogP contribution in [0.1, 0.15) is 19.3 Å². The molecule has 0 amide bonds. The molecule has 1 unspecified atom stereocenters. The standard InChI is InChI=1S/C19H32N4OS.HI/c1-20-19(21-10-4-5-12-25-3)22-14-16-9-11-23(15-16)17-7-6-8-18(13-17)24-2;/h6-8,13,16H,4-5,9-12,14-15H2,1-3H3,(H2,20,21,22);1H. The number of thioether (sulfide) groups is 1. The summed E-state index contributed by atoms with van der Waals surface area (Å²) in [6, 6.07) is 8.33. The smallest absolute Gasteiger partial charge is 0.190 e. The van der Waals surface area contributed by atoms with E-state index in [1.807, 2.05) is 24.9 Å². The van der Waals surface area contributed by atoms with E-state index in [1.54, 1.807) is 7.11 Å². The molecule has 2 rings (SSSR count). The number of hydrogen-bond acceptors (Lipinski definition) is 4. The fourth-order valence-electron chi connectivity index (χ4n) is 3.08. The quantitative estimate of drug-likeness (QED) is 0.240. The minimum atomic E-state index is 0. The molecule has 0 saturated carbocycles. The molecule has 5 nitrogen and oxygen atoms in total. The normalized spacial score (nSPS) is 17.0. The maximum absolute atomic E-state index is 5.33. The highest BCUT2D eigenvalue weighted by Crippen LogP contribution is 2.26. The molecule has 1 saturated heterocycles. The number of nitrogens with zero attached hydrogens (tertiary/aromatic N) is 2. The molecule has 1 aromatic carbocycles. The van der Waals surface area contributed by atoms with Crippen molar-refractivity contribution in [1.82, 2.24) is 10.6 Å². The Morgan fingerprint density at radius 1 is 1.35 bits per heavy atom. The zero-order valence-corrected chi connectivity index (χ0v) is 19.3. The van der Waals surface area contributed by atoms with Crippen molar-refractivity contribution in [1.29, 1.82) is 0 Å². The Bertz CT molecular complexity index is 544. The van der Waals surface area contributed by atoms with Gasteiger partial charge in [0, 0.05) is 45.0 Å². The summed E-state index contributed by atoms with van der Waals surface area (Å²) < 4.78 is 5.33. The van der Waals surface area contributed by atoms with Crippen LogP contribution in [0, 0.1) is 5.92 Å². The number of guanidine groups is 1. The largest absolute Gasteiger partial charge is 0.497 e. The Hall–Kier alpha value is -0.830. The summed E-state index contributed by atoms with van der Waals surface area (Å²) in [5, 5.41) is 6.89. The first kappa shape index (κ1) is 23.2. The third-order valence-corrected chi connectivity index (χ3v) is 5.25. The monoisotopic (exact) mass is 492 g/mol. The van der Waals surface area contributed by atoms with Crippen LogP contribution in [0.2, 0.25) is 0 Å². The summed E-state index contributed by atoms with van der Waals surface area (Å²) in [5.74, 6) is 3.71. The second-order valence-electron chi connectivity index (χ2n) is 6.38. The first-order chi connectivity index (χ1) is 12.3. The molecule has 1 aromatic rings. The lowest BCUT2D eigenvalue weighted by Gasteiger charge is -2.20. The van der Waals surface area contributed by atoms with E-state index < -0.39 is 0 Å². The van der Waals surface area contributed by atoms with E-state index in [0.717, 1.165) is 37.9 Å². The lowest BCUT2D eigenvalue weighted by atomic mass is 10.1. The van der Waals surface area contributed by atoms with Crippen molar-refractivity contribution in [3.63, 3.8) is 0 Å². The Morgan fingerprint density at radius 2 is 2.19 bits per heavy atom. The maximum Gasteiger partial charge on any atom is 0.190 e. The number of rotatable bonds is 9. The van der Waals surface area contributed by atoms with Crippen molar-refractivity contribution in [2.75, 3.05) is 57.2 Å². The van der Waals surface area contributed by atoms with Gasteiger partial charge in [0.2, 0.25) is 0 Å². The van der Waals surface area contributed by atoms with Gasteiger partial charge in [0.1, 0.15) is 5.75 Å². The van der Waals surface area contributed by atoms with Crippen molar-refractivity contribution in [2.45, 2.75) is 19.3 Å². The van der Waals surface area contributed by atoms with Crippen LogP contribution >= 0.6 is 35.7 Å². The van der Waals surface area contributed by atoms with E-state index in [9.17, 15) is 0 Å². The summed E-state index contributed by atoms with van der Waals surface area (Å²) >= 11 is 1.91. The van der Waals surface area contributed by atoms with Gasteiger partial charge >= 0.3 is 0 Å². The van der Waals surface area contributed by atoms with E-state index in [4.69, 9.17) is 4.74 Å². The highest BCUT2D eigenvalue weighted by molar-refractivity contribution is 14.0. The highest BCUT2D eigenvalue weighted by atomic mass is 127. The van der Waals surface area contributed by atoms with Gasteiger partial charge in [-0.1, -0.05) is 6.07 Å². The summed E-state index contributed by atoms with van der Waals surface area (Å²) in [5.41, 5.74) is 1.25. The van der Waals surface area contributed by atoms with Gasteiger partial charge in [-0.15, -0.1) is 24.0 Å². The third kappa shape index (κ3) is 7.82. The summed E-state index contributed by atoms with van der Waals surface area (Å²) in [6.45, 7) is 4.12. The van der Waals surface area contributed by atoms with Crippen molar-refractivity contribution in [3.05, 3.63) is 24.3 Å². The van der Waals surface area contributed by atoms with Crippen LogP contribution in [0.15, 0.2) is 29.3 Å². The van der Waals surface area contributed by atoms with Gasteiger partial charge in [0.15, 0.2) is 5.96 Å². The molecule has 0 aromatic heterocycles. The predicted molar refractivity (Wildman–Crippen MR) is 126 cm³/mol. The number of aliphatic imine (C=N–C) groups is 1. The molecule has 0 aliphatic carbocycles. The molecule has 1 aliphatic heterocycles. The molecular formula is C19H33IN4OS. The maximum atomic E-state index is 5.33. The second-order valence-corrected chi connectivity index (χ2v) is 7.37. The van der Waals surface area contributed by atoms with Crippen LogP contribution in [0.5, 0.6) is 5.75 Å². The van der Waals surface area contributed by atoms with Gasteiger partial charge in [0.25, 0.3) is 0 Å². The molecule has 1 atom stereocenters. The van der Waals surface area contributed by atoms with E-state index in [2.05, 4.69) is 45.0 Å². The van der Waals surface area contributed by atoms with E-state index in [1.165, 1.54) is 30.7 Å². The van der Waals surface area contributed by atoms with Crippen molar-refractivity contribution >= 4 is 47.4 Å². The van der Waals surface area contributed by atoms with Gasteiger partial charge in [-0.25, -0.2) is 0 Å². The third-order valence-electron chi connectivity index (χ3n) is 4.55.